The summed E-state index contributed by atoms with van der Waals surface area (Å²) in [6.45, 7) is 2.19. The number of rotatable bonds is 4. The molecule has 0 unspecified atom stereocenters. The minimum Gasteiger partial charge on any atom is -0.364 e. The molecule has 0 atom stereocenters. The Kier molecular flexibility index (Phi) is 3.51. The average Bonchev–Trinajstić information content (AvgIpc) is 3.15. The molecule has 2 aromatic heterocycles. The predicted molar refractivity (Wildman–Crippen MR) is 76.0 cm³/mol. The van der Waals surface area contributed by atoms with Crippen molar-refractivity contribution >= 4 is 5.91 Å². The molecular formula is C15H14N4O2. The van der Waals surface area contributed by atoms with Gasteiger partial charge in [0.05, 0.1) is 29.7 Å². The first-order chi connectivity index (χ1) is 10.3. The molecule has 0 saturated heterocycles. The summed E-state index contributed by atoms with van der Waals surface area (Å²) in [4.78, 5) is 12.2. The Bertz CT molecular complexity index is 732. The summed E-state index contributed by atoms with van der Waals surface area (Å²) < 4.78 is 6.46. The van der Waals surface area contributed by atoms with Gasteiger partial charge >= 0.3 is 0 Å². The van der Waals surface area contributed by atoms with Crippen molar-refractivity contribution in [3.05, 3.63) is 65.8 Å². The van der Waals surface area contributed by atoms with Crippen LogP contribution in [0.3, 0.4) is 0 Å². The van der Waals surface area contributed by atoms with Gasteiger partial charge in [-0.2, -0.15) is 5.10 Å². The lowest BCUT2D eigenvalue weighted by Gasteiger charge is -2.05. The Hall–Kier alpha value is -2.89. The molecule has 1 N–H and O–H groups in total. The van der Waals surface area contributed by atoms with E-state index >= 15 is 0 Å². The van der Waals surface area contributed by atoms with Gasteiger partial charge in [0.25, 0.3) is 5.91 Å². The third-order valence-corrected chi connectivity index (χ3v) is 3.18. The van der Waals surface area contributed by atoms with E-state index in [1.165, 1.54) is 6.26 Å². The van der Waals surface area contributed by atoms with Gasteiger partial charge in [0, 0.05) is 6.07 Å². The summed E-state index contributed by atoms with van der Waals surface area (Å²) >= 11 is 0. The van der Waals surface area contributed by atoms with E-state index in [0.29, 0.717) is 17.8 Å². The molecule has 3 rings (SSSR count). The van der Waals surface area contributed by atoms with E-state index in [-0.39, 0.29) is 5.91 Å². The monoisotopic (exact) mass is 282 g/mol. The van der Waals surface area contributed by atoms with Crippen LogP contribution >= 0.6 is 0 Å². The number of benzene rings is 1. The van der Waals surface area contributed by atoms with Crippen LogP contribution in [0.5, 0.6) is 0 Å². The molecule has 0 aliphatic carbocycles. The summed E-state index contributed by atoms with van der Waals surface area (Å²) in [6, 6.07) is 11.4. The maximum atomic E-state index is 12.2. The van der Waals surface area contributed by atoms with E-state index in [1.807, 2.05) is 37.3 Å². The molecule has 0 radical (unpaired) electrons. The van der Waals surface area contributed by atoms with Crippen molar-refractivity contribution in [3.63, 3.8) is 0 Å². The lowest BCUT2D eigenvalue weighted by atomic mass is 10.2. The standard InChI is InChI=1S/C15H14N4O2/c1-11-14(15(20)16-9-12-7-8-21-18-12)10-17-19(11)13-5-3-2-4-6-13/h2-8,10H,9H2,1H3,(H,16,20). The maximum absolute atomic E-state index is 12.2. The number of amides is 1. The lowest BCUT2D eigenvalue weighted by molar-refractivity contribution is 0.0949. The van der Waals surface area contributed by atoms with Crippen molar-refractivity contribution in [3.8, 4) is 5.69 Å². The SMILES string of the molecule is Cc1c(C(=O)NCc2ccon2)cnn1-c1ccccc1. The van der Waals surface area contributed by atoms with Crippen LogP contribution in [0.2, 0.25) is 0 Å². The fraction of sp³-hybridized carbons (Fsp3) is 0.133. The highest BCUT2D eigenvalue weighted by Gasteiger charge is 2.15. The van der Waals surface area contributed by atoms with Gasteiger partial charge in [-0.15, -0.1) is 0 Å². The van der Waals surface area contributed by atoms with Crippen LogP contribution in [0.1, 0.15) is 21.7 Å². The second kappa shape index (κ2) is 5.62. The normalized spacial score (nSPS) is 10.5. The summed E-state index contributed by atoms with van der Waals surface area (Å²) in [5.41, 5.74) is 2.93. The average molecular weight is 282 g/mol. The van der Waals surface area contributed by atoms with Gasteiger partial charge in [-0.25, -0.2) is 4.68 Å². The maximum Gasteiger partial charge on any atom is 0.255 e. The van der Waals surface area contributed by atoms with E-state index in [0.717, 1.165) is 11.4 Å². The fourth-order valence-corrected chi connectivity index (χ4v) is 2.06. The lowest BCUT2D eigenvalue weighted by Crippen LogP contribution is -2.23. The third-order valence-electron chi connectivity index (χ3n) is 3.18. The van der Waals surface area contributed by atoms with Gasteiger partial charge in [0.1, 0.15) is 12.0 Å². The molecule has 21 heavy (non-hydrogen) atoms. The zero-order valence-corrected chi connectivity index (χ0v) is 11.5. The van der Waals surface area contributed by atoms with Crippen LogP contribution in [0.4, 0.5) is 0 Å². The van der Waals surface area contributed by atoms with E-state index < -0.39 is 0 Å². The van der Waals surface area contributed by atoms with Crippen molar-refractivity contribution in [2.24, 2.45) is 0 Å². The largest absolute Gasteiger partial charge is 0.364 e. The Morgan fingerprint density at radius 2 is 2.10 bits per heavy atom. The van der Waals surface area contributed by atoms with Gasteiger partial charge in [0.15, 0.2) is 0 Å². The highest BCUT2D eigenvalue weighted by Crippen LogP contribution is 2.13. The van der Waals surface area contributed by atoms with Crippen LogP contribution in [0.15, 0.2) is 53.4 Å². The molecule has 0 bridgehead atoms. The number of nitrogens with one attached hydrogen (secondary N) is 1. The van der Waals surface area contributed by atoms with Crippen LogP contribution < -0.4 is 5.32 Å². The number of carbonyl (C=O) groups excluding carboxylic acids is 1. The van der Waals surface area contributed by atoms with Gasteiger partial charge in [-0.3, -0.25) is 4.79 Å². The number of hydrogen-bond acceptors (Lipinski definition) is 4. The smallest absolute Gasteiger partial charge is 0.255 e. The Morgan fingerprint density at radius 3 is 2.81 bits per heavy atom. The zero-order chi connectivity index (χ0) is 14.7. The number of nitrogens with zero attached hydrogens (tertiary/aromatic N) is 3. The summed E-state index contributed by atoms with van der Waals surface area (Å²) in [6.07, 6.45) is 3.04. The second-order valence-corrected chi connectivity index (χ2v) is 4.56. The first-order valence-electron chi connectivity index (χ1n) is 6.53. The summed E-state index contributed by atoms with van der Waals surface area (Å²) in [7, 11) is 0. The van der Waals surface area contributed by atoms with Gasteiger partial charge in [-0.1, -0.05) is 23.4 Å². The zero-order valence-electron chi connectivity index (χ0n) is 11.5. The van der Waals surface area contributed by atoms with E-state index in [2.05, 4.69) is 15.6 Å². The first-order valence-corrected chi connectivity index (χ1v) is 6.53. The fourth-order valence-electron chi connectivity index (χ4n) is 2.06. The van der Waals surface area contributed by atoms with Gasteiger partial charge in [-0.05, 0) is 19.1 Å². The van der Waals surface area contributed by atoms with Crippen molar-refractivity contribution in [2.75, 3.05) is 0 Å². The molecule has 3 aromatic rings. The molecule has 0 saturated carbocycles. The minimum absolute atomic E-state index is 0.183. The summed E-state index contributed by atoms with van der Waals surface area (Å²) in [5.74, 6) is -0.183. The van der Waals surface area contributed by atoms with Crippen molar-refractivity contribution in [1.82, 2.24) is 20.3 Å². The molecule has 6 heteroatoms. The summed E-state index contributed by atoms with van der Waals surface area (Å²) in [5, 5.41) is 10.8. The highest BCUT2D eigenvalue weighted by atomic mass is 16.5. The molecule has 0 aliphatic rings. The van der Waals surface area contributed by atoms with Crippen molar-refractivity contribution in [1.29, 1.82) is 0 Å². The molecule has 106 valence electrons. The molecule has 0 aliphatic heterocycles. The third kappa shape index (κ3) is 2.69. The molecule has 2 heterocycles. The highest BCUT2D eigenvalue weighted by molar-refractivity contribution is 5.95. The first kappa shape index (κ1) is 13.1. The number of para-hydroxylation sites is 1. The molecule has 0 fully saturated rings. The predicted octanol–water partition coefficient (Wildman–Crippen LogP) is 2.10. The van der Waals surface area contributed by atoms with E-state index in [1.54, 1.807) is 16.9 Å². The van der Waals surface area contributed by atoms with Crippen LogP contribution in [-0.2, 0) is 6.54 Å². The number of carbonyl (C=O) groups is 1. The molecule has 6 nitrogen and oxygen atoms in total. The van der Waals surface area contributed by atoms with E-state index in [9.17, 15) is 4.79 Å². The quantitative estimate of drug-likeness (QED) is 0.795. The topological polar surface area (TPSA) is 73.0 Å². The van der Waals surface area contributed by atoms with Crippen molar-refractivity contribution < 1.29 is 9.32 Å². The number of aromatic nitrogens is 3. The minimum atomic E-state index is -0.183. The Balaban J connectivity index is 1.77. The molecular weight excluding hydrogens is 268 g/mol. The van der Waals surface area contributed by atoms with Gasteiger partial charge < -0.3 is 9.84 Å². The van der Waals surface area contributed by atoms with Crippen molar-refractivity contribution in [2.45, 2.75) is 13.5 Å². The second-order valence-electron chi connectivity index (χ2n) is 4.56. The van der Waals surface area contributed by atoms with E-state index in [4.69, 9.17) is 4.52 Å². The van der Waals surface area contributed by atoms with Gasteiger partial charge in [0.2, 0.25) is 0 Å². The Labute approximate surface area is 121 Å². The number of hydrogen-bond donors (Lipinski definition) is 1. The molecule has 1 amide bonds. The van der Waals surface area contributed by atoms with Crippen LogP contribution in [-0.4, -0.2) is 20.8 Å². The Morgan fingerprint density at radius 1 is 1.29 bits per heavy atom. The molecule has 0 spiro atoms. The van der Waals surface area contributed by atoms with Crippen LogP contribution in [0, 0.1) is 6.92 Å². The molecule has 1 aromatic carbocycles. The van der Waals surface area contributed by atoms with Crippen LogP contribution in [0.25, 0.3) is 5.69 Å².